The third kappa shape index (κ3) is 5.85. The highest BCUT2D eigenvalue weighted by atomic mass is 32.2. The summed E-state index contributed by atoms with van der Waals surface area (Å²) in [6, 6.07) is 15.0. The molecule has 0 aliphatic rings. The number of hydrogen-bond donors (Lipinski definition) is 2. The fourth-order valence-corrected chi connectivity index (χ4v) is 4.41. The Kier molecular flexibility index (Phi) is 7.55. The second-order valence-electron chi connectivity index (χ2n) is 7.63. The normalized spacial score (nSPS) is 10.9. The van der Waals surface area contributed by atoms with Crippen molar-refractivity contribution in [3.8, 4) is 0 Å². The lowest BCUT2D eigenvalue weighted by Gasteiger charge is -2.15. The fraction of sp³-hybridized carbons (Fsp3) is 0.160. The molecule has 0 saturated heterocycles. The summed E-state index contributed by atoms with van der Waals surface area (Å²) in [5.41, 5.74) is 1.98. The van der Waals surface area contributed by atoms with Gasteiger partial charge in [-0.2, -0.15) is 0 Å². The molecule has 0 unspecified atom stereocenters. The molecule has 35 heavy (non-hydrogen) atoms. The van der Waals surface area contributed by atoms with Gasteiger partial charge in [-0.05, 0) is 61.9 Å². The van der Waals surface area contributed by atoms with Gasteiger partial charge in [-0.25, -0.2) is 18.0 Å². The van der Waals surface area contributed by atoms with E-state index in [1.165, 1.54) is 50.6 Å². The molecule has 9 nitrogen and oxygen atoms in total. The average molecular weight is 497 g/mol. The molecule has 10 heteroatoms. The quantitative estimate of drug-likeness (QED) is 0.474. The predicted octanol–water partition coefficient (Wildman–Crippen LogP) is 3.93. The molecule has 0 heterocycles. The van der Waals surface area contributed by atoms with Gasteiger partial charge in [-0.1, -0.05) is 23.8 Å². The van der Waals surface area contributed by atoms with Crippen LogP contribution in [0.1, 0.15) is 42.2 Å². The molecule has 0 atom stereocenters. The molecule has 1 amide bonds. The van der Waals surface area contributed by atoms with Crippen LogP contribution in [0.2, 0.25) is 0 Å². The fourth-order valence-electron chi connectivity index (χ4n) is 3.28. The molecule has 0 spiro atoms. The summed E-state index contributed by atoms with van der Waals surface area (Å²) < 4.78 is 37.5. The van der Waals surface area contributed by atoms with Crippen LogP contribution in [0.4, 0.5) is 11.4 Å². The molecule has 3 aromatic rings. The first-order valence-corrected chi connectivity index (χ1v) is 11.9. The van der Waals surface area contributed by atoms with Crippen molar-refractivity contribution >= 4 is 39.2 Å². The minimum Gasteiger partial charge on any atom is -0.465 e. The van der Waals surface area contributed by atoms with Gasteiger partial charge in [-0.3, -0.25) is 9.52 Å². The van der Waals surface area contributed by atoms with Gasteiger partial charge < -0.3 is 14.8 Å². The van der Waals surface area contributed by atoms with Gasteiger partial charge in [-0.15, -0.1) is 0 Å². The molecule has 0 radical (unpaired) electrons. The standard InChI is InChI=1S/C25H24N2O7S/c1-15-8-10-20(11-9-15)35(31,32)27-22-7-5-6-21(16(22)2)23(28)26-19-13-17(24(29)33-3)12-18(14-19)25(30)34-4/h5-14,27H,1-4H3,(H,26,28). The molecule has 182 valence electrons. The van der Waals surface area contributed by atoms with Crippen molar-refractivity contribution in [1.82, 2.24) is 0 Å². The lowest BCUT2D eigenvalue weighted by Crippen LogP contribution is -2.18. The van der Waals surface area contributed by atoms with E-state index < -0.39 is 27.9 Å². The first kappa shape index (κ1) is 25.4. The van der Waals surface area contributed by atoms with Gasteiger partial charge in [0.2, 0.25) is 0 Å². The Balaban J connectivity index is 1.91. The summed E-state index contributed by atoms with van der Waals surface area (Å²) >= 11 is 0. The maximum Gasteiger partial charge on any atom is 0.337 e. The number of carbonyl (C=O) groups excluding carboxylic acids is 3. The Labute approximate surface area is 203 Å². The van der Waals surface area contributed by atoms with Crippen LogP contribution in [0.3, 0.4) is 0 Å². The first-order chi connectivity index (χ1) is 16.6. The van der Waals surface area contributed by atoms with E-state index in [0.717, 1.165) is 5.56 Å². The van der Waals surface area contributed by atoms with Crippen molar-refractivity contribution < 1.29 is 32.3 Å². The van der Waals surface area contributed by atoms with Gasteiger partial charge in [0, 0.05) is 11.3 Å². The van der Waals surface area contributed by atoms with E-state index in [0.29, 0.717) is 5.56 Å². The van der Waals surface area contributed by atoms with E-state index in [4.69, 9.17) is 9.47 Å². The number of aryl methyl sites for hydroxylation is 1. The Morgan fingerprint density at radius 3 is 1.91 bits per heavy atom. The van der Waals surface area contributed by atoms with Gasteiger partial charge in [0.05, 0.1) is 35.9 Å². The maximum absolute atomic E-state index is 13.0. The van der Waals surface area contributed by atoms with Crippen LogP contribution in [-0.4, -0.2) is 40.5 Å². The molecule has 3 rings (SSSR count). The second kappa shape index (κ2) is 10.4. The number of amides is 1. The molecule has 0 saturated carbocycles. The molecule has 0 aromatic heterocycles. The number of benzene rings is 3. The summed E-state index contributed by atoms with van der Waals surface area (Å²) in [4.78, 5) is 37.1. The number of nitrogens with one attached hydrogen (secondary N) is 2. The van der Waals surface area contributed by atoms with Crippen LogP contribution in [-0.2, 0) is 19.5 Å². The summed E-state index contributed by atoms with van der Waals surface area (Å²) in [5.74, 6) is -1.97. The number of rotatable bonds is 7. The van der Waals surface area contributed by atoms with E-state index in [-0.39, 0.29) is 33.0 Å². The number of carbonyl (C=O) groups is 3. The lowest BCUT2D eigenvalue weighted by molar-refractivity contribution is 0.0598. The van der Waals surface area contributed by atoms with Crippen LogP contribution in [0, 0.1) is 13.8 Å². The Morgan fingerprint density at radius 2 is 1.37 bits per heavy atom. The molecular formula is C25H24N2O7S. The molecule has 0 fully saturated rings. The van der Waals surface area contributed by atoms with Crippen molar-refractivity contribution in [3.63, 3.8) is 0 Å². The largest absolute Gasteiger partial charge is 0.465 e. The number of hydrogen-bond acceptors (Lipinski definition) is 7. The Morgan fingerprint density at radius 1 is 0.800 bits per heavy atom. The van der Waals surface area contributed by atoms with Gasteiger partial charge in [0.15, 0.2) is 0 Å². The zero-order valence-corrected chi connectivity index (χ0v) is 20.4. The molecule has 0 aliphatic heterocycles. The summed E-state index contributed by atoms with van der Waals surface area (Å²) in [6.07, 6.45) is 0. The van der Waals surface area contributed by atoms with E-state index in [2.05, 4.69) is 10.0 Å². The average Bonchev–Trinajstić information content (AvgIpc) is 2.84. The molecule has 0 bridgehead atoms. The van der Waals surface area contributed by atoms with Crippen LogP contribution in [0.25, 0.3) is 0 Å². The van der Waals surface area contributed by atoms with E-state index in [1.54, 1.807) is 31.2 Å². The van der Waals surface area contributed by atoms with Crippen LogP contribution >= 0.6 is 0 Å². The highest BCUT2D eigenvalue weighted by Gasteiger charge is 2.19. The van der Waals surface area contributed by atoms with Crippen molar-refractivity contribution in [2.75, 3.05) is 24.3 Å². The Hall–Kier alpha value is -4.18. The first-order valence-electron chi connectivity index (χ1n) is 10.4. The van der Waals surface area contributed by atoms with E-state index in [1.807, 2.05) is 6.92 Å². The van der Waals surface area contributed by atoms with Crippen molar-refractivity contribution in [1.29, 1.82) is 0 Å². The van der Waals surface area contributed by atoms with Crippen LogP contribution < -0.4 is 10.0 Å². The molecule has 3 aromatic carbocycles. The van der Waals surface area contributed by atoms with Gasteiger partial charge in [0.1, 0.15) is 0 Å². The third-order valence-corrected chi connectivity index (χ3v) is 6.57. The predicted molar refractivity (Wildman–Crippen MR) is 130 cm³/mol. The highest BCUT2D eigenvalue weighted by molar-refractivity contribution is 7.92. The number of esters is 2. The van der Waals surface area contributed by atoms with Crippen molar-refractivity contribution in [3.05, 3.63) is 88.5 Å². The number of sulfonamides is 1. The topological polar surface area (TPSA) is 128 Å². The minimum atomic E-state index is -3.87. The summed E-state index contributed by atoms with van der Waals surface area (Å²) in [7, 11) is -1.49. The monoisotopic (exact) mass is 496 g/mol. The third-order valence-electron chi connectivity index (χ3n) is 5.19. The van der Waals surface area contributed by atoms with Gasteiger partial charge in [0.25, 0.3) is 15.9 Å². The minimum absolute atomic E-state index is 0.0435. The number of methoxy groups -OCH3 is 2. The lowest BCUT2D eigenvalue weighted by atomic mass is 10.1. The van der Waals surface area contributed by atoms with Crippen LogP contribution in [0.5, 0.6) is 0 Å². The number of ether oxygens (including phenoxy) is 2. The van der Waals surface area contributed by atoms with E-state index in [9.17, 15) is 22.8 Å². The Bertz CT molecular complexity index is 1360. The van der Waals surface area contributed by atoms with Crippen LogP contribution in [0.15, 0.2) is 65.6 Å². The molecule has 2 N–H and O–H groups in total. The smallest absolute Gasteiger partial charge is 0.337 e. The zero-order chi connectivity index (χ0) is 25.8. The van der Waals surface area contributed by atoms with Gasteiger partial charge >= 0.3 is 11.9 Å². The molecule has 0 aliphatic carbocycles. The second-order valence-corrected chi connectivity index (χ2v) is 9.32. The van der Waals surface area contributed by atoms with Crippen molar-refractivity contribution in [2.45, 2.75) is 18.7 Å². The summed E-state index contributed by atoms with van der Waals surface area (Å²) in [6.45, 7) is 3.46. The maximum atomic E-state index is 13.0. The van der Waals surface area contributed by atoms with Crippen molar-refractivity contribution in [2.24, 2.45) is 0 Å². The molecular weight excluding hydrogens is 472 g/mol. The zero-order valence-electron chi connectivity index (χ0n) is 19.5. The highest BCUT2D eigenvalue weighted by Crippen LogP contribution is 2.24. The summed E-state index contributed by atoms with van der Waals surface area (Å²) in [5, 5.41) is 2.63. The SMILES string of the molecule is COC(=O)c1cc(NC(=O)c2cccc(NS(=O)(=O)c3ccc(C)cc3)c2C)cc(C(=O)OC)c1. The number of anilines is 2. The van der Waals surface area contributed by atoms with E-state index >= 15 is 0 Å².